The molecule has 1 rings (SSSR count). The van der Waals surface area contributed by atoms with Crippen molar-refractivity contribution < 1.29 is 14.2 Å². The van der Waals surface area contributed by atoms with E-state index in [0.717, 1.165) is 18.8 Å². The Bertz CT molecular complexity index is 506. The first-order valence-corrected chi connectivity index (χ1v) is 8.84. The maximum atomic E-state index is 5.63. The van der Waals surface area contributed by atoms with E-state index in [9.17, 15) is 0 Å². The van der Waals surface area contributed by atoms with Crippen LogP contribution in [0.25, 0.3) is 0 Å². The number of hydrogen-bond donors (Lipinski definition) is 0. The van der Waals surface area contributed by atoms with Gasteiger partial charge in [0.2, 0.25) is 0 Å². The minimum Gasteiger partial charge on any atom is -0.504 e. The molecule has 1 aromatic carbocycles. The third-order valence-electron chi connectivity index (χ3n) is 2.67. The lowest BCUT2D eigenvalue weighted by Gasteiger charge is -2.04. The highest BCUT2D eigenvalue weighted by Crippen LogP contribution is 2.21. The first-order valence-electron chi connectivity index (χ1n) is 7.48. The fourth-order valence-electron chi connectivity index (χ4n) is 1.62. The van der Waals surface area contributed by atoms with Crippen LogP contribution in [-0.4, -0.2) is 20.8 Å². The molecule has 0 saturated heterocycles. The zero-order valence-electron chi connectivity index (χ0n) is 14.0. The molecule has 0 atom stereocenters. The highest BCUT2D eigenvalue weighted by molar-refractivity contribution is 8.02. The van der Waals surface area contributed by atoms with E-state index in [-0.39, 0.29) is 10.9 Å². The molecule has 0 aliphatic carbocycles. The summed E-state index contributed by atoms with van der Waals surface area (Å²) in [6.07, 6.45) is 12.0. The Morgan fingerprint density at radius 1 is 0.870 bits per heavy atom. The van der Waals surface area contributed by atoms with Gasteiger partial charge in [0.15, 0.2) is 4.90 Å². The van der Waals surface area contributed by atoms with E-state index in [1.807, 2.05) is 36.4 Å². The van der Waals surface area contributed by atoms with E-state index in [1.54, 1.807) is 26.7 Å². The van der Waals surface area contributed by atoms with Crippen LogP contribution >= 0.6 is 0 Å². The maximum absolute atomic E-state index is 5.63. The molecule has 0 saturated carbocycles. The van der Waals surface area contributed by atoms with E-state index < -0.39 is 0 Å². The van der Waals surface area contributed by atoms with Crippen molar-refractivity contribution in [2.75, 3.05) is 20.8 Å². The van der Waals surface area contributed by atoms with E-state index in [1.165, 1.54) is 4.90 Å². The maximum Gasteiger partial charge on any atom is 0.165 e. The number of allylic oxidation sites excluding steroid dienone is 4. The number of benzene rings is 1. The largest absolute Gasteiger partial charge is 0.504 e. The van der Waals surface area contributed by atoms with Crippen LogP contribution in [0.2, 0.25) is 0 Å². The Hall–Kier alpha value is -2.07. The fourth-order valence-corrected chi connectivity index (χ4v) is 3.00. The Kier molecular flexibility index (Phi) is 10.3. The molecule has 0 radical (unpaired) electrons. The Morgan fingerprint density at radius 3 is 1.91 bits per heavy atom. The standard InChI is InChI=1S/C19H25O3S/c1-4-13-22-18-9-11-19(12-10-18)23(16-7-5-14-20-2)17-8-6-15-21-3/h5-12,14-17H,4,13H2,1-3H3/q+1/b14-5+,15-6+,16-7+,17-8+. The molecule has 0 unspecified atom stereocenters. The summed E-state index contributed by atoms with van der Waals surface area (Å²) < 4.78 is 15.4. The quantitative estimate of drug-likeness (QED) is 0.350. The number of rotatable bonds is 10. The molecule has 0 N–H and O–H groups in total. The van der Waals surface area contributed by atoms with E-state index >= 15 is 0 Å². The Balaban J connectivity index is 2.84. The molecule has 0 bridgehead atoms. The first kappa shape index (κ1) is 19.0. The fraction of sp³-hybridized carbons (Fsp3) is 0.263. The summed E-state index contributed by atoms with van der Waals surface area (Å²) in [5, 5.41) is 4.27. The molecule has 0 amide bonds. The highest BCUT2D eigenvalue weighted by Gasteiger charge is 2.15. The summed E-state index contributed by atoms with van der Waals surface area (Å²) >= 11 is 0. The van der Waals surface area contributed by atoms with Crippen molar-refractivity contribution in [3.8, 4) is 5.75 Å². The predicted molar refractivity (Wildman–Crippen MR) is 98.4 cm³/mol. The van der Waals surface area contributed by atoms with Crippen LogP contribution in [0.15, 0.2) is 76.8 Å². The lowest BCUT2D eigenvalue weighted by atomic mass is 10.3. The van der Waals surface area contributed by atoms with Crippen LogP contribution in [0.1, 0.15) is 13.3 Å². The zero-order chi connectivity index (χ0) is 16.8. The van der Waals surface area contributed by atoms with Crippen molar-refractivity contribution in [2.24, 2.45) is 0 Å². The van der Waals surface area contributed by atoms with Gasteiger partial charge in [-0.25, -0.2) is 0 Å². The molecule has 4 heteroatoms. The summed E-state index contributed by atoms with van der Waals surface area (Å²) in [7, 11) is 3.13. The number of hydrogen-bond acceptors (Lipinski definition) is 3. The molecule has 0 heterocycles. The van der Waals surface area contributed by atoms with Gasteiger partial charge in [-0.05, 0) is 55.0 Å². The zero-order valence-corrected chi connectivity index (χ0v) is 14.8. The van der Waals surface area contributed by atoms with Crippen LogP contribution < -0.4 is 4.74 Å². The number of ether oxygens (including phenoxy) is 3. The molecule has 0 spiro atoms. The average Bonchev–Trinajstić information content (AvgIpc) is 2.59. The minimum absolute atomic E-state index is 0.139. The SMILES string of the molecule is CCCOc1ccc([S+](/C=C/C=C/OC)/C=C/C=C/OC)cc1. The van der Waals surface area contributed by atoms with Gasteiger partial charge >= 0.3 is 0 Å². The summed E-state index contributed by atoms with van der Waals surface area (Å²) in [6, 6.07) is 8.23. The van der Waals surface area contributed by atoms with Crippen LogP contribution in [0.3, 0.4) is 0 Å². The molecule has 0 aliphatic heterocycles. The monoisotopic (exact) mass is 333 g/mol. The van der Waals surface area contributed by atoms with Crippen LogP contribution in [0, 0.1) is 0 Å². The van der Waals surface area contributed by atoms with E-state index in [4.69, 9.17) is 14.2 Å². The molecule has 0 aliphatic rings. The van der Waals surface area contributed by atoms with Gasteiger partial charge in [-0.2, -0.15) is 0 Å². The second-order valence-electron chi connectivity index (χ2n) is 4.48. The summed E-state index contributed by atoms with van der Waals surface area (Å²) in [4.78, 5) is 1.22. The third kappa shape index (κ3) is 8.21. The molecular weight excluding hydrogens is 308 g/mol. The number of methoxy groups -OCH3 is 2. The molecule has 23 heavy (non-hydrogen) atoms. The summed E-state index contributed by atoms with van der Waals surface area (Å²) in [5.41, 5.74) is 0. The molecule has 3 nitrogen and oxygen atoms in total. The van der Waals surface area contributed by atoms with Crippen molar-refractivity contribution >= 4 is 10.9 Å². The summed E-state index contributed by atoms with van der Waals surface area (Å²) in [6.45, 7) is 2.84. The van der Waals surface area contributed by atoms with Gasteiger partial charge in [-0.1, -0.05) is 6.92 Å². The molecule has 0 aromatic heterocycles. The van der Waals surface area contributed by atoms with E-state index in [2.05, 4.69) is 29.9 Å². The highest BCUT2D eigenvalue weighted by atomic mass is 32.2. The van der Waals surface area contributed by atoms with Gasteiger partial charge < -0.3 is 14.2 Å². The topological polar surface area (TPSA) is 27.7 Å². The van der Waals surface area contributed by atoms with Crippen molar-refractivity contribution in [3.05, 3.63) is 71.9 Å². The predicted octanol–water partition coefficient (Wildman–Crippen LogP) is 4.80. The molecule has 124 valence electrons. The minimum atomic E-state index is -0.139. The normalized spacial score (nSPS) is 12.2. The van der Waals surface area contributed by atoms with Crippen LogP contribution in [0.5, 0.6) is 5.75 Å². The second kappa shape index (κ2) is 12.5. The van der Waals surface area contributed by atoms with Gasteiger partial charge in [0.25, 0.3) is 0 Å². The van der Waals surface area contributed by atoms with Crippen LogP contribution in [0.4, 0.5) is 0 Å². The molecule has 1 aromatic rings. The Morgan fingerprint density at radius 2 is 1.43 bits per heavy atom. The summed E-state index contributed by atoms with van der Waals surface area (Å²) in [5.74, 6) is 0.908. The second-order valence-corrected chi connectivity index (χ2v) is 6.24. The lowest BCUT2D eigenvalue weighted by molar-refractivity contribution is 0.317. The average molecular weight is 333 g/mol. The van der Waals surface area contributed by atoms with Crippen molar-refractivity contribution in [1.82, 2.24) is 0 Å². The Labute approximate surface area is 142 Å². The molecular formula is C19H25O3S+. The van der Waals surface area contributed by atoms with Crippen molar-refractivity contribution in [2.45, 2.75) is 18.2 Å². The van der Waals surface area contributed by atoms with Crippen LogP contribution in [-0.2, 0) is 20.4 Å². The third-order valence-corrected chi connectivity index (χ3v) is 4.39. The van der Waals surface area contributed by atoms with Gasteiger partial charge in [0.05, 0.1) is 44.2 Å². The van der Waals surface area contributed by atoms with Gasteiger partial charge in [-0.15, -0.1) is 0 Å². The van der Waals surface area contributed by atoms with Gasteiger partial charge in [-0.3, -0.25) is 0 Å². The van der Waals surface area contributed by atoms with Crippen molar-refractivity contribution in [1.29, 1.82) is 0 Å². The van der Waals surface area contributed by atoms with E-state index in [0.29, 0.717) is 0 Å². The molecule has 0 fully saturated rings. The van der Waals surface area contributed by atoms with Gasteiger partial charge in [0.1, 0.15) is 16.6 Å². The smallest absolute Gasteiger partial charge is 0.165 e. The van der Waals surface area contributed by atoms with Gasteiger partial charge in [0, 0.05) is 0 Å². The lowest BCUT2D eigenvalue weighted by Crippen LogP contribution is -1.97. The first-order chi connectivity index (χ1) is 11.3. The van der Waals surface area contributed by atoms with Crippen molar-refractivity contribution in [3.63, 3.8) is 0 Å².